The molecule has 0 bridgehead atoms. The van der Waals surface area contributed by atoms with Crippen LogP contribution in [0.1, 0.15) is 45.3 Å². The molecule has 0 amide bonds. The van der Waals surface area contributed by atoms with E-state index in [9.17, 15) is 4.79 Å². The molecule has 0 radical (unpaired) electrons. The van der Waals surface area contributed by atoms with Gasteiger partial charge in [-0.15, -0.1) is 11.3 Å². The van der Waals surface area contributed by atoms with Crippen molar-refractivity contribution in [2.75, 3.05) is 7.05 Å². The van der Waals surface area contributed by atoms with Gasteiger partial charge in [-0.2, -0.15) is 0 Å². The highest BCUT2D eigenvalue weighted by atomic mass is 32.1. The van der Waals surface area contributed by atoms with Crippen LogP contribution in [0.25, 0.3) is 0 Å². The van der Waals surface area contributed by atoms with Crippen LogP contribution in [-0.2, 0) is 16.6 Å². The lowest BCUT2D eigenvalue weighted by molar-refractivity contribution is -0.123. The molecule has 0 spiro atoms. The number of aromatic nitrogens is 1. The van der Waals surface area contributed by atoms with Gasteiger partial charge >= 0.3 is 0 Å². The van der Waals surface area contributed by atoms with Crippen molar-refractivity contribution in [2.24, 2.45) is 0 Å². The summed E-state index contributed by atoms with van der Waals surface area (Å²) in [6.45, 7) is 10.2. The third kappa shape index (κ3) is 3.61. The van der Waals surface area contributed by atoms with Gasteiger partial charge in [0.15, 0.2) is 5.78 Å². The fourth-order valence-electron chi connectivity index (χ4n) is 1.23. The van der Waals surface area contributed by atoms with Crippen LogP contribution < -0.4 is 5.32 Å². The number of hydrogen-bond donors (Lipinski definition) is 1. The summed E-state index contributed by atoms with van der Waals surface area (Å²) in [6.07, 6.45) is 0.411. The van der Waals surface area contributed by atoms with Crippen molar-refractivity contribution < 1.29 is 4.79 Å². The number of nitrogens with zero attached hydrogens (tertiary/aromatic N) is 1. The first-order chi connectivity index (χ1) is 7.66. The maximum absolute atomic E-state index is 12.0. The summed E-state index contributed by atoms with van der Waals surface area (Å²) in [5, 5.41) is 5.98. The van der Waals surface area contributed by atoms with Gasteiger partial charge in [-0.1, -0.05) is 20.8 Å². The maximum atomic E-state index is 12.0. The van der Waals surface area contributed by atoms with Crippen LogP contribution in [0.5, 0.6) is 0 Å². The van der Waals surface area contributed by atoms with E-state index in [1.165, 1.54) is 0 Å². The van der Waals surface area contributed by atoms with E-state index < -0.39 is 5.54 Å². The molecule has 1 rings (SSSR count). The van der Waals surface area contributed by atoms with Gasteiger partial charge in [0.05, 0.1) is 17.7 Å². The van der Waals surface area contributed by atoms with Gasteiger partial charge < -0.3 is 5.32 Å². The Bertz CT molecular complexity index is 402. The van der Waals surface area contributed by atoms with Gasteiger partial charge in [0.2, 0.25) is 0 Å². The molecule has 0 fully saturated rings. The molecule has 0 unspecified atom stereocenters. The molecule has 96 valence electrons. The summed E-state index contributed by atoms with van der Waals surface area (Å²) in [6, 6.07) is 0. The highest BCUT2D eigenvalue weighted by Crippen LogP contribution is 2.24. The van der Waals surface area contributed by atoms with Gasteiger partial charge in [-0.3, -0.25) is 4.79 Å². The normalized spacial score (nSPS) is 12.8. The fourth-order valence-corrected chi connectivity index (χ4v) is 2.25. The Labute approximate surface area is 108 Å². The minimum absolute atomic E-state index is 0.0519. The zero-order valence-electron chi connectivity index (χ0n) is 11.5. The van der Waals surface area contributed by atoms with Crippen LogP contribution >= 0.6 is 11.3 Å². The lowest BCUT2D eigenvalue weighted by Crippen LogP contribution is -2.45. The van der Waals surface area contributed by atoms with Crippen LogP contribution in [-0.4, -0.2) is 23.4 Å². The van der Waals surface area contributed by atoms with Gasteiger partial charge in [0.25, 0.3) is 0 Å². The average Bonchev–Trinajstić information content (AvgIpc) is 2.65. The molecule has 1 N–H and O–H groups in total. The van der Waals surface area contributed by atoms with Crippen molar-refractivity contribution in [2.45, 2.75) is 52.0 Å². The van der Waals surface area contributed by atoms with Crippen molar-refractivity contribution >= 4 is 17.1 Å². The smallest absolute Gasteiger partial charge is 0.159 e. The van der Waals surface area contributed by atoms with Crippen molar-refractivity contribution in [3.05, 3.63) is 16.1 Å². The van der Waals surface area contributed by atoms with Gasteiger partial charge in [-0.25, -0.2) is 4.98 Å². The number of ketones is 1. The quantitative estimate of drug-likeness (QED) is 0.898. The average molecular weight is 254 g/mol. The highest BCUT2D eigenvalue weighted by molar-refractivity contribution is 7.09. The second kappa shape index (κ2) is 4.86. The second-order valence-electron chi connectivity index (χ2n) is 5.85. The Kier molecular flexibility index (Phi) is 4.10. The largest absolute Gasteiger partial charge is 0.308 e. The number of carbonyl (C=O) groups excluding carboxylic acids is 1. The summed E-state index contributed by atoms with van der Waals surface area (Å²) in [5.74, 6) is 0.176. The summed E-state index contributed by atoms with van der Waals surface area (Å²) in [4.78, 5) is 16.6. The third-order valence-electron chi connectivity index (χ3n) is 2.95. The van der Waals surface area contributed by atoms with Crippen molar-refractivity contribution in [3.63, 3.8) is 0 Å². The molecule has 0 aliphatic heterocycles. The van der Waals surface area contributed by atoms with Crippen molar-refractivity contribution in [3.8, 4) is 0 Å². The van der Waals surface area contributed by atoms with Crippen LogP contribution in [0.2, 0.25) is 0 Å². The van der Waals surface area contributed by atoms with E-state index >= 15 is 0 Å². The molecule has 17 heavy (non-hydrogen) atoms. The van der Waals surface area contributed by atoms with Crippen molar-refractivity contribution in [1.82, 2.24) is 10.3 Å². The molecule has 1 aromatic rings. The van der Waals surface area contributed by atoms with E-state index in [0.29, 0.717) is 6.42 Å². The molecule has 0 atom stereocenters. The minimum Gasteiger partial charge on any atom is -0.308 e. The number of rotatable bonds is 4. The molecule has 0 aliphatic rings. The minimum atomic E-state index is -0.479. The topological polar surface area (TPSA) is 42.0 Å². The summed E-state index contributed by atoms with van der Waals surface area (Å²) in [7, 11) is 1.81. The van der Waals surface area contributed by atoms with Gasteiger partial charge in [0, 0.05) is 10.8 Å². The monoisotopic (exact) mass is 254 g/mol. The Balaban J connectivity index is 2.77. The molecule has 0 aliphatic carbocycles. The van der Waals surface area contributed by atoms with E-state index in [1.54, 1.807) is 18.4 Å². The predicted molar refractivity (Wildman–Crippen MR) is 72.7 cm³/mol. The van der Waals surface area contributed by atoms with Crippen LogP contribution in [0.15, 0.2) is 5.38 Å². The molecule has 0 saturated heterocycles. The van der Waals surface area contributed by atoms with E-state index in [-0.39, 0.29) is 11.2 Å². The third-order valence-corrected chi connectivity index (χ3v) is 3.80. The lowest BCUT2D eigenvalue weighted by Gasteiger charge is -2.21. The number of carbonyl (C=O) groups is 1. The molecule has 1 aromatic heterocycles. The Morgan fingerprint density at radius 3 is 2.35 bits per heavy atom. The first kappa shape index (κ1) is 14.3. The summed E-state index contributed by atoms with van der Waals surface area (Å²) < 4.78 is 0. The number of likely N-dealkylation sites (N-methyl/N-ethyl adjacent to an activating group) is 1. The zero-order valence-corrected chi connectivity index (χ0v) is 12.4. The zero-order chi connectivity index (χ0) is 13.3. The molecular formula is C13H22N2OS. The van der Waals surface area contributed by atoms with Crippen LogP contribution in [0.4, 0.5) is 0 Å². The Morgan fingerprint density at radius 2 is 1.94 bits per heavy atom. The first-order valence-electron chi connectivity index (χ1n) is 5.84. The highest BCUT2D eigenvalue weighted by Gasteiger charge is 2.26. The first-order valence-corrected chi connectivity index (χ1v) is 6.72. The second-order valence-corrected chi connectivity index (χ2v) is 6.79. The Morgan fingerprint density at radius 1 is 1.35 bits per heavy atom. The molecule has 0 aromatic carbocycles. The van der Waals surface area contributed by atoms with E-state index in [2.05, 4.69) is 36.5 Å². The molecule has 1 heterocycles. The van der Waals surface area contributed by atoms with Crippen LogP contribution in [0.3, 0.4) is 0 Å². The Hall–Kier alpha value is -0.740. The van der Waals surface area contributed by atoms with Crippen molar-refractivity contribution in [1.29, 1.82) is 0 Å². The summed E-state index contributed by atoms with van der Waals surface area (Å²) >= 11 is 1.57. The number of thiazole rings is 1. The fraction of sp³-hybridized carbons (Fsp3) is 0.692. The molecular weight excluding hydrogens is 232 g/mol. The van der Waals surface area contributed by atoms with Crippen LogP contribution in [0, 0.1) is 0 Å². The van der Waals surface area contributed by atoms with E-state index in [1.807, 2.05) is 13.8 Å². The van der Waals surface area contributed by atoms with Gasteiger partial charge in [-0.05, 0) is 20.9 Å². The lowest BCUT2D eigenvalue weighted by atomic mass is 9.93. The standard InChI is InChI=1S/C13H22N2OS/c1-12(2,3)9-8-17-11(15-9)7-10(16)13(4,5)14-6/h8,14H,7H2,1-6H3. The number of hydrogen-bond acceptors (Lipinski definition) is 4. The SMILES string of the molecule is CNC(C)(C)C(=O)Cc1nc(C(C)(C)C)cs1. The molecule has 3 nitrogen and oxygen atoms in total. The molecule has 0 saturated carbocycles. The number of nitrogens with one attached hydrogen (secondary N) is 1. The van der Waals surface area contributed by atoms with Gasteiger partial charge in [0.1, 0.15) is 5.01 Å². The van der Waals surface area contributed by atoms with E-state index in [4.69, 9.17) is 0 Å². The predicted octanol–water partition coefficient (Wildman–Crippen LogP) is 2.55. The molecule has 4 heteroatoms. The number of Topliss-reactive ketones (excluding diaryl/α,β-unsaturated/α-hetero) is 1. The van der Waals surface area contributed by atoms with E-state index in [0.717, 1.165) is 10.7 Å². The maximum Gasteiger partial charge on any atom is 0.159 e. The summed E-state index contributed by atoms with van der Waals surface area (Å²) in [5.41, 5.74) is 0.636.